The lowest BCUT2D eigenvalue weighted by atomic mass is 10.1. The molecule has 1 saturated heterocycles. The molecule has 0 aromatic heterocycles. The summed E-state index contributed by atoms with van der Waals surface area (Å²) in [4.78, 5) is 41.0. The first kappa shape index (κ1) is 21.1. The van der Waals surface area contributed by atoms with Crippen molar-refractivity contribution < 1.29 is 14.4 Å². The Hall–Kier alpha value is -3.15. The lowest BCUT2D eigenvalue weighted by Crippen LogP contribution is -2.56. The van der Waals surface area contributed by atoms with Gasteiger partial charge in [-0.2, -0.15) is 0 Å². The molecule has 0 atom stereocenters. The molecule has 4 rings (SSSR count). The van der Waals surface area contributed by atoms with E-state index in [1.807, 2.05) is 36.4 Å². The average molecular weight is 420 g/mol. The molecule has 1 heterocycles. The maximum Gasteiger partial charge on any atom is 0.312 e. The number of piperazine rings is 1. The monoisotopic (exact) mass is 419 g/mol. The number of nitrogens with zero attached hydrogens (tertiary/aromatic N) is 2. The molecule has 2 aliphatic rings. The van der Waals surface area contributed by atoms with Crippen molar-refractivity contribution >= 4 is 23.4 Å². The van der Waals surface area contributed by atoms with E-state index in [0.717, 1.165) is 43.4 Å². The number of aryl methyl sites for hydroxylation is 1. The van der Waals surface area contributed by atoms with Crippen LogP contribution in [0.15, 0.2) is 48.5 Å². The van der Waals surface area contributed by atoms with Crippen molar-refractivity contribution in [3.05, 3.63) is 65.2 Å². The number of amides is 3. The van der Waals surface area contributed by atoms with Gasteiger partial charge in [0.15, 0.2) is 0 Å². The second-order valence-corrected chi connectivity index (χ2v) is 8.37. The van der Waals surface area contributed by atoms with Crippen LogP contribution in [0.25, 0.3) is 0 Å². The van der Waals surface area contributed by atoms with Crippen LogP contribution in [0.1, 0.15) is 54.1 Å². The Kier molecular flexibility index (Phi) is 6.35. The molecule has 1 aliphatic heterocycles. The van der Waals surface area contributed by atoms with Crippen molar-refractivity contribution in [1.29, 1.82) is 0 Å². The van der Waals surface area contributed by atoms with Gasteiger partial charge in [-0.3, -0.25) is 14.4 Å². The molecular weight excluding hydrogens is 390 g/mol. The van der Waals surface area contributed by atoms with Crippen molar-refractivity contribution in [2.75, 3.05) is 18.4 Å². The van der Waals surface area contributed by atoms with Crippen LogP contribution < -0.4 is 5.32 Å². The van der Waals surface area contributed by atoms with Crippen LogP contribution in [0.4, 0.5) is 5.69 Å². The Morgan fingerprint density at radius 3 is 2.19 bits per heavy atom. The van der Waals surface area contributed by atoms with E-state index >= 15 is 0 Å². The topological polar surface area (TPSA) is 69.7 Å². The molecule has 6 nitrogen and oxygen atoms in total. The first-order chi connectivity index (χ1) is 15.0. The van der Waals surface area contributed by atoms with E-state index in [0.29, 0.717) is 25.2 Å². The highest BCUT2D eigenvalue weighted by Crippen LogP contribution is 2.25. The van der Waals surface area contributed by atoms with Crippen LogP contribution in [0.5, 0.6) is 0 Å². The summed E-state index contributed by atoms with van der Waals surface area (Å²) in [6.45, 7) is 3.63. The molecule has 0 radical (unpaired) electrons. The highest BCUT2D eigenvalue weighted by molar-refractivity contribution is 6.35. The van der Waals surface area contributed by atoms with E-state index in [2.05, 4.69) is 12.2 Å². The summed E-state index contributed by atoms with van der Waals surface area (Å²) in [5.74, 6) is -0.967. The van der Waals surface area contributed by atoms with Crippen molar-refractivity contribution in [2.45, 2.75) is 51.6 Å². The van der Waals surface area contributed by atoms with E-state index in [1.54, 1.807) is 21.9 Å². The molecule has 6 heteroatoms. The van der Waals surface area contributed by atoms with Crippen LogP contribution >= 0.6 is 0 Å². The zero-order valence-corrected chi connectivity index (χ0v) is 18.0. The number of carbonyl (C=O) groups excluding carboxylic acids is 3. The Balaban J connectivity index is 1.34. The smallest absolute Gasteiger partial charge is 0.312 e. The summed E-state index contributed by atoms with van der Waals surface area (Å²) in [6, 6.07) is 15.2. The van der Waals surface area contributed by atoms with Crippen LogP contribution in [-0.4, -0.2) is 46.7 Å². The quantitative estimate of drug-likeness (QED) is 0.727. The Labute approximate surface area is 183 Å². The molecule has 0 bridgehead atoms. The second-order valence-electron chi connectivity index (χ2n) is 8.37. The van der Waals surface area contributed by atoms with Crippen LogP contribution in [0, 0.1) is 0 Å². The Morgan fingerprint density at radius 2 is 1.55 bits per heavy atom. The molecule has 1 saturated carbocycles. The fraction of sp³-hybridized carbons (Fsp3) is 0.400. The molecule has 3 amide bonds. The van der Waals surface area contributed by atoms with Crippen LogP contribution in [0.3, 0.4) is 0 Å². The minimum absolute atomic E-state index is 0.174. The third kappa shape index (κ3) is 4.79. The summed E-state index contributed by atoms with van der Waals surface area (Å²) >= 11 is 0. The predicted octanol–water partition coefficient (Wildman–Crippen LogP) is 3.61. The lowest BCUT2D eigenvalue weighted by Gasteiger charge is -2.37. The summed E-state index contributed by atoms with van der Waals surface area (Å²) in [5.41, 5.74) is 3.44. The number of carbonyl (C=O) groups is 3. The van der Waals surface area contributed by atoms with Gasteiger partial charge >= 0.3 is 11.8 Å². The number of hydrogen-bond donors (Lipinski definition) is 1. The van der Waals surface area contributed by atoms with Gasteiger partial charge in [-0.05, 0) is 54.7 Å². The highest BCUT2D eigenvalue weighted by Gasteiger charge is 2.37. The van der Waals surface area contributed by atoms with Crippen molar-refractivity contribution in [2.24, 2.45) is 0 Å². The molecule has 1 aliphatic carbocycles. The second kappa shape index (κ2) is 9.33. The van der Waals surface area contributed by atoms with E-state index in [-0.39, 0.29) is 17.9 Å². The first-order valence-electron chi connectivity index (χ1n) is 11.1. The molecule has 0 unspecified atom stereocenters. The fourth-order valence-electron chi connectivity index (χ4n) is 4.41. The maximum absolute atomic E-state index is 12.6. The summed E-state index contributed by atoms with van der Waals surface area (Å²) in [7, 11) is 0. The molecular formula is C25H29N3O3. The van der Waals surface area contributed by atoms with E-state index < -0.39 is 5.91 Å². The number of benzene rings is 2. The Morgan fingerprint density at radius 1 is 0.903 bits per heavy atom. The molecule has 31 heavy (non-hydrogen) atoms. The average Bonchev–Trinajstić information content (AvgIpc) is 3.33. The van der Waals surface area contributed by atoms with E-state index in [1.165, 1.54) is 5.56 Å². The zero-order valence-electron chi connectivity index (χ0n) is 18.0. The minimum Gasteiger partial charge on any atom is -0.330 e. The zero-order chi connectivity index (χ0) is 21.8. The minimum atomic E-state index is -0.421. The maximum atomic E-state index is 12.6. The molecule has 2 aromatic carbocycles. The number of hydrogen-bond acceptors (Lipinski definition) is 3. The number of rotatable bonds is 6. The number of anilines is 1. The molecule has 1 N–H and O–H groups in total. The highest BCUT2D eigenvalue weighted by atomic mass is 16.2. The van der Waals surface area contributed by atoms with E-state index in [4.69, 9.17) is 0 Å². The molecule has 0 spiro atoms. The molecule has 2 aromatic rings. The van der Waals surface area contributed by atoms with Crippen molar-refractivity contribution in [1.82, 2.24) is 9.80 Å². The SMILES string of the molecule is CCc1ccc(NC(=O)c2ccc(CN3CCN(C4CCCC4)C(=O)C3=O)cc2)cc1. The lowest BCUT2D eigenvalue weighted by molar-refractivity contribution is -0.158. The van der Waals surface area contributed by atoms with Gasteiger partial charge in [-0.1, -0.05) is 44.0 Å². The molecule has 2 fully saturated rings. The Bertz CT molecular complexity index is 947. The standard InChI is InChI=1S/C25H29N3O3/c1-2-18-9-13-21(14-10-18)26-23(29)20-11-7-19(8-12-20)17-27-15-16-28(25(31)24(27)30)22-5-3-4-6-22/h7-14,22H,2-6,15-17H2,1H3,(H,26,29). The van der Waals surface area contributed by atoms with Crippen molar-refractivity contribution in [3.8, 4) is 0 Å². The third-order valence-corrected chi connectivity index (χ3v) is 6.32. The van der Waals surface area contributed by atoms with Gasteiger partial charge in [0.1, 0.15) is 0 Å². The van der Waals surface area contributed by atoms with E-state index in [9.17, 15) is 14.4 Å². The summed E-state index contributed by atoms with van der Waals surface area (Å²) in [6.07, 6.45) is 5.24. The van der Waals surface area contributed by atoms with Crippen LogP contribution in [-0.2, 0) is 22.6 Å². The summed E-state index contributed by atoms with van der Waals surface area (Å²) in [5, 5.41) is 2.90. The van der Waals surface area contributed by atoms with Crippen LogP contribution in [0.2, 0.25) is 0 Å². The largest absolute Gasteiger partial charge is 0.330 e. The van der Waals surface area contributed by atoms with Gasteiger partial charge in [0, 0.05) is 36.9 Å². The van der Waals surface area contributed by atoms with Crippen molar-refractivity contribution in [3.63, 3.8) is 0 Å². The van der Waals surface area contributed by atoms with Gasteiger partial charge in [-0.15, -0.1) is 0 Å². The normalized spacial score (nSPS) is 17.3. The number of nitrogens with one attached hydrogen (secondary N) is 1. The third-order valence-electron chi connectivity index (χ3n) is 6.32. The van der Waals surface area contributed by atoms with Gasteiger partial charge in [0.25, 0.3) is 5.91 Å². The van der Waals surface area contributed by atoms with Gasteiger partial charge < -0.3 is 15.1 Å². The van der Waals surface area contributed by atoms with Gasteiger partial charge in [0.2, 0.25) is 0 Å². The molecule has 162 valence electrons. The fourth-order valence-corrected chi connectivity index (χ4v) is 4.41. The van der Waals surface area contributed by atoms with Gasteiger partial charge in [-0.25, -0.2) is 0 Å². The summed E-state index contributed by atoms with van der Waals surface area (Å²) < 4.78 is 0. The van der Waals surface area contributed by atoms with Gasteiger partial charge in [0.05, 0.1) is 0 Å². The first-order valence-corrected chi connectivity index (χ1v) is 11.1. The predicted molar refractivity (Wildman–Crippen MR) is 120 cm³/mol.